The van der Waals surface area contributed by atoms with E-state index in [2.05, 4.69) is 20.8 Å². The number of esters is 1. The predicted octanol–water partition coefficient (Wildman–Crippen LogP) is 5.47. The maximum Gasteiger partial charge on any atom is 0.349 e. The fourth-order valence-corrected chi connectivity index (χ4v) is 4.62. The van der Waals surface area contributed by atoms with Gasteiger partial charge < -0.3 is 9.84 Å². The third-order valence-electron chi connectivity index (χ3n) is 5.33. The molecule has 1 N–H and O–H groups in total. The van der Waals surface area contributed by atoms with Gasteiger partial charge in [-0.1, -0.05) is 50.7 Å². The van der Waals surface area contributed by atoms with E-state index in [4.69, 9.17) is 4.74 Å². The van der Waals surface area contributed by atoms with Crippen LogP contribution in [-0.4, -0.2) is 16.7 Å². The van der Waals surface area contributed by atoms with Crippen molar-refractivity contribution in [1.82, 2.24) is 0 Å². The molecule has 0 unspecified atom stereocenters. The van der Waals surface area contributed by atoms with Crippen molar-refractivity contribution in [3.63, 3.8) is 0 Å². The van der Waals surface area contributed by atoms with Crippen LogP contribution in [0.2, 0.25) is 0 Å². The third kappa shape index (κ3) is 3.64. The lowest BCUT2D eigenvalue weighted by Crippen LogP contribution is -2.44. The van der Waals surface area contributed by atoms with E-state index in [1.807, 2.05) is 30.3 Å². The fourth-order valence-electron chi connectivity index (χ4n) is 3.78. The van der Waals surface area contributed by atoms with Gasteiger partial charge in [-0.25, -0.2) is 4.79 Å². The first-order chi connectivity index (χ1) is 11.3. The molecule has 0 amide bonds. The molecule has 24 heavy (non-hydrogen) atoms. The molecule has 1 aliphatic carbocycles. The topological polar surface area (TPSA) is 46.5 Å². The summed E-state index contributed by atoms with van der Waals surface area (Å²) >= 11 is 1.29. The molecule has 1 heterocycles. The van der Waals surface area contributed by atoms with E-state index in [9.17, 15) is 9.90 Å². The highest BCUT2D eigenvalue weighted by Gasteiger charge is 2.46. The van der Waals surface area contributed by atoms with Gasteiger partial charge in [0.25, 0.3) is 0 Å². The van der Waals surface area contributed by atoms with E-state index in [0.717, 1.165) is 30.6 Å². The van der Waals surface area contributed by atoms with Crippen LogP contribution in [0.15, 0.2) is 45.9 Å². The minimum absolute atomic E-state index is 0.189. The van der Waals surface area contributed by atoms with Crippen LogP contribution in [0.25, 0.3) is 0 Å². The van der Waals surface area contributed by atoms with E-state index in [1.54, 1.807) is 0 Å². The van der Waals surface area contributed by atoms with Gasteiger partial charge in [0.1, 0.15) is 16.3 Å². The number of hydrogen-bond acceptors (Lipinski definition) is 4. The van der Waals surface area contributed by atoms with Crippen molar-refractivity contribution >= 4 is 17.7 Å². The molecule has 0 radical (unpaired) electrons. The average molecular weight is 346 g/mol. The number of ether oxygens (including phenoxy) is 1. The monoisotopic (exact) mass is 346 g/mol. The van der Waals surface area contributed by atoms with Crippen LogP contribution < -0.4 is 0 Å². The molecule has 1 fully saturated rings. The Morgan fingerprint density at radius 3 is 2.33 bits per heavy atom. The Kier molecular flexibility index (Phi) is 4.69. The summed E-state index contributed by atoms with van der Waals surface area (Å²) in [5.74, 6) is 0.462. The molecule has 1 aromatic rings. The lowest BCUT2D eigenvalue weighted by atomic mass is 9.67. The van der Waals surface area contributed by atoms with Crippen molar-refractivity contribution in [2.45, 2.75) is 63.4 Å². The Bertz CT molecular complexity index is 635. The van der Waals surface area contributed by atoms with Gasteiger partial charge in [-0.2, -0.15) is 0 Å². The highest BCUT2D eigenvalue weighted by atomic mass is 32.2. The van der Waals surface area contributed by atoms with E-state index in [-0.39, 0.29) is 17.1 Å². The molecule has 2 aliphatic rings. The molecule has 3 nitrogen and oxygen atoms in total. The minimum Gasteiger partial charge on any atom is -0.511 e. The predicted molar refractivity (Wildman–Crippen MR) is 96.8 cm³/mol. The highest BCUT2D eigenvalue weighted by Crippen LogP contribution is 2.48. The summed E-state index contributed by atoms with van der Waals surface area (Å²) in [5, 5.41) is 10.5. The van der Waals surface area contributed by atoms with Gasteiger partial charge in [0, 0.05) is 11.3 Å². The molecule has 0 saturated heterocycles. The number of carbonyl (C=O) groups excluding carboxylic acids is 1. The van der Waals surface area contributed by atoms with Crippen molar-refractivity contribution < 1.29 is 14.6 Å². The molecular formula is C20H26O3S. The molecule has 4 heteroatoms. The van der Waals surface area contributed by atoms with Crippen LogP contribution in [0.1, 0.15) is 52.9 Å². The Morgan fingerprint density at radius 2 is 1.79 bits per heavy atom. The second-order valence-corrected chi connectivity index (χ2v) is 9.16. The number of carbonyl (C=O) groups is 1. The van der Waals surface area contributed by atoms with Crippen molar-refractivity contribution in [3.8, 4) is 0 Å². The maximum absolute atomic E-state index is 12.5. The molecule has 3 rings (SSSR count). The Labute approximate surface area is 148 Å². The zero-order chi connectivity index (χ0) is 17.4. The van der Waals surface area contributed by atoms with E-state index in [1.165, 1.54) is 11.8 Å². The molecule has 1 spiro atoms. The molecule has 130 valence electrons. The fraction of sp³-hybridized carbons (Fsp3) is 0.550. The van der Waals surface area contributed by atoms with Crippen molar-refractivity contribution in [2.75, 3.05) is 0 Å². The Hall–Kier alpha value is -1.42. The van der Waals surface area contributed by atoms with Crippen LogP contribution >= 0.6 is 11.8 Å². The van der Waals surface area contributed by atoms with Gasteiger partial charge in [0.15, 0.2) is 0 Å². The molecule has 1 saturated carbocycles. The maximum atomic E-state index is 12.5. The summed E-state index contributed by atoms with van der Waals surface area (Å²) in [4.78, 5) is 13.8. The van der Waals surface area contributed by atoms with Crippen LogP contribution in [0.4, 0.5) is 0 Å². The summed E-state index contributed by atoms with van der Waals surface area (Å²) in [6.07, 6.45) is 4.23. The number of aliphatic hydroxyl groups is 1. The quantitative estimate of drug-likeness (QED) is 0.721. The van der Waals surface area contributed by atoms with Crippen LogP contribution in [0.5, 0.6) is 0 Å². The first-order valence-electron chi connectivity index (χ1n) is 8.67. The molecular weight excluding hydrogens is 320 g/mol. The lowest BCUT2D eigenvalue weighted by molar-refractivity contribution is -0.163. The number of aliphatic hydroxyl groups excluding tert-OH is 1. The average Bonchev–Trinajstić information content (AvgIpc) is 2.51. The zero-order valence-corrected chi connectivity index (χ0v) is 15.5. The van der Waals surface area contributed by atoms with Gasteiger partial charge in [-0.05, 0) is 49.1 Å². The Balaban J connectivity index is 1.72. The van der Waals surface area contributed by atoms with Crippen LogP contribution in [0, 0.1) is 11.3 Å². The van der Waals surface area contributed by atoms with Crippen molar-refractivity contribution in [2.24, 2.45) is 11.3 Å². The van der Waals surface area contributed by atoms with Gasteiger partial charge in [-0.15, -0.1) is 0 Å². The summed E-state index contributed by atoms with van der Waals surface area (Å²) in [6, 6.07) is 9.63. The van der Waals surface area contributed by atoms with Crippen LogP contribution in [-0.2, 0) is 9.53 Å². The van der Waals surface area contributed by atoms with E-state index in [0.29, 0.717) is 17.2 Å². The second-order valence-electron chi connectivity index (χ2n) is 8.08. The summed E-state index contributed by atoms with van der Waals surface area (Å²) < 4.78 is 5.85. The van der Waals surface area contributed by atoms with Crippen molar-refractivity contribution in [1.29, 1.82) is 0 Å². The van der Waals surface area contributed by atoms with E-state index >= 15 is 0 Å². The minimum atomic E-state index is -0.496. The molecule has 0 aromatic heterocycles. The first-order valence-corrected chi connectivity index (χ1v) is 9.49. The van der Waals surface area contributed by atoms with Gasteiger partial charge in [0.2, 0.25) is 0 Å². The second kappa shape index (κ2) is 6.47. The SMILES string of the molecule is CC(C)(C)C1CCC2(CC1)CC(O)=C(Sc1ccccc1)C(=O)O2. The van der Waals surface area contributed by atoms with Gasteiger partial charge in [-0.3, -0.25) is 0 Å². The number of hydrogen-bond donors (Lipinski definition) is 1. The first kappa shape index (κ1) is 17.4. The Morgan fingerprint density at radius 1 is 1.17 bits per heavy atom. The summed E-state index contributed by atoms with van der Waals surface area (Å²) in [6.45, 7) is 6.82. The van der Waals surface area contributed by atoms with Gasteiger partial charge >= 0.3 is 5.97 Å². The molecule has 0 bridgehead atoms. The lowest BCUT2D eigenvalue weighted by Gasteiger charge is -2.45. The third-order valence-corrected chi connectivity index (χ3v) is 6.45. The molecule has 0 atom stereocenters. The van der Waals surface area contributed by atoms with Gasteiger partial charge in [0.05, 0.1) is 0 Å². The smallest absolute Gasteiger partial charge is 0.349 e. The van der Waals surface area contributed by atoms with E-state index < -0.39 is 5.60 Å². The zero-order valence-electron chi connectivity index (χ0n) is 14.7. The van der Waals surface area contributed by atoms with Crippen LogP contribution in [0.3, 0.4) is 0 Å². The number of rotatable bonds is 2. The summed E-state index contributed by atoms with van der Waals surface area (Å²) in [7, 11) is 0. The molecule has 1 aliphatic heterocycles. The normalized spacial score (nSPS) is 28.1. The summed E-state index contributed by atoms with van der Waals surface area (Å²) in [5.41, 5.74) is -0.212. The highest BCUT2D eigenvalue weighted by molar-refractivity contribution is 8.04. The largest absolute Gasteiger partial charge is 0.511 e. The number of thioether (sulfide) groups is 1. The number of benzene rings is 1. The standard InChI is InChI=1S/C20H26O3S/c1-19(2,3)14-9-11-20(12-10-14)13-16(21)17(18(22)23-20)24-15-7-5-4-6-8-15/h4-8,14,21H,9-13H2,1-3H3. The molecule has 1 aromatic carbocycles. The van der Waals surface area contributed by atoms with Crippen molar-refractivity contribution in [3.05, 3.63) is 41.0 Å².